The quantitative estimate of drug-likeness (QED) is 0.438. The summed E-state index contributed by atoms with van der Waals surface area (Å²) in [6, 6.07) is 0. The second-order valence-electron chi connectivity index (χ2n) is 2.74. The van der Waals surface area contributed by atoms with Crippen LogP contribution < -0.4 is 0 Å². The monoisotopic (exact) mass is 182 g/mol. The molecule has 1 N–H and O–H groups in total. The summed E-state index contributed by atoms with van der Waals surface area (Å²) < 4.78 is 0.844. The normalized spacial score (nSPS) is 9.33. The first-order chi connectivity index (χ1) is 3.06. The van der Waals surface area contributed by atoms with Gasteiger partial charge in [0.05, 0.1) is 27.7 Å². The zero-order chi connectivity index (χ0) is 5.91. The van der Waals surface area contributed by atoms with Crippen LogP contribution in [-0.4, -0.2) is 81.6 Å². The van der Waals surface area contributed by atoms with E-state index in [0.717, 1.165) is 11.0 Å². The summed E-state index contributed by atoms with van der Waals surface area (Å²) in [5, 5.41) is 8.39. The van der Waals surface area contributed by atoms with Gasteiger partial charge in [-0.25, -0.2) is 0 Å². The van der Waals surface area contributed by atoms with Crippen molar-refractivity contribution < 1.29 is 9.59 Å². The first-order valence-corrected chi connectivity index (χ1v) is 2.47. The van der Waals surface area contributed by atoms with E-state index in [2.05, 4.69) is 21.1 Å². The van der Waals surface area contributed by atoms with E-state index in [1.165, 1.54) is 0 Å². The van der Waals surface area contributed by atoms with Gasteiger partial charge < -0.3 is 9.59 Å². The fourth-order valence-electron chi connectivity index (χ4n) is 0.300. The average Bonchev–Trinajstić information content (AvgIpc) is 1.30. The Morgan fingerprint density at radius 2 is 1.56 bits per heavy atom. The van der Waals surface area contributed by atoms with Gasteiger partial charge >= 0.3 is 37.7 Å². The maximum absolute atomic E-state index is 8.39. The van der Waals surface area contributed by atoms with Gasteiger partial charge in [-0.3, -0.25) is 0 Å². The average molecular weight is 183 g/mol. The number of aliphatic hydroxyl groups excluding tert-OH is 1. The van der Waals surface area contributed by atoms with E-state index in [0.29, 0.717) is 0 Å². The Morgan fingerprint density at radius 3 is 1.56 bits per heavy atom. The molecular formula is C5H17CaClNO+. The fraction of sp³-hybridized carbons (Fsp3) is 1.00. The molecule has 56 valence electrons. The van der Waals surface area contributed by atoms with Gasteiger partial charge in [0.1, 0.15) is 6.54 Å². The first-order valence-electron chi connectivity index (χ1n) is 2.47. The van der Waals surface area contributed by atoms with Crippen LogP contribution >= 0.6 is 12.4 Å². The van der Waals surface area contributed by atoms with Crippen molar-refractivity contribution in [1.29, 1.82) is 0 Å². The third-order valence-corrected chi connectivity index (χ3v) is 0.771. The molecule has 4 heteroatoms. The minimum atomic E-state index is 0. The number of hydrogen-bond donors (Lipinski definition) is 1. The molecule has 0 heterocycles. The molecule has 2 nitrogen and oxygen atoms in total. The van der Waals surface area contributed by atoms with Gasteiger partial charge in [-0.1, -0.05) is 0 Å². The van der Waals surface area contributed by atoms with Gasteiger partial charge in [-0.2, -0.15) is 0 Å². The minimum absolute atomic E-state index is 0. The number of quaternary nitrogens is 1. The summed E-state index contributed by atoms with van der Waals surface area (Å²) in [6.07, 6.45) is 0. The summed E-state index contributed by atoms with van der Waals surface area (Å²) in [6.45, 7) is 1.11. The molecule has 0 aromatic carbocycles. The Morgan fingerprint density at radius 1 is 1.22 bits per heavy atom. The predicted molar refractivity (Wildman–Crippen MR) is 45.8 cm³/mol. The van der Waals surface area contributed by atoms with Crippen molar-refractivity contribution >= 4 is 50.1 Å². The van der Waals surface area contributed by atoms with Crippen LogP contribution in [0.3, 0.4) is 0 Å². The molecule has 0 bridgehead atoms. The van der Waals surface area contributed by atoms with Crippen molar-refractivity contribution in [3.63, 3.8) is 0 Å². The molecule has 0 spiro atoms. The zero-order valence-electron chi connectivity index (χ0n) is 5.72. The molecule has 0 saturated carbocycles. The molecule has 0 aromatic heterocycles. The summed E-state index contributed by atoms with van der Waals surface area (Å²) in [7, 11) is 6.16. The molecule has 0 atom stereocenters. The van der Waals surface area contributed by atoms with Gasteiger partial charge in [-0.05, 0) is 0 Å². The van der Waals surface area contributed by atoms with E-state index in [4.69, 9.17) is 5.11 Å². The van der Waals surface area contributed by atoms with Crippen molar-refractivity contribution in [3.8, 4) is 0 Å². The number of nitrogens with zero attached hydrogens (tertiary/aromatic N) is 1. The number of hydrogen-bond acceptors (Lipinski definition) is 1. The first kappa shape index (κ1) is 16.8. The number of likely N-dealkylation sites (N-methyl/N-ethyl adjacent to an activating group) is 1. The van der Waals surface area contributed by atoms with Crippen LogP contribution in [0.25, 0.3) is 0 Å². The standard InChI is InChI=1S/C5H14NO.Ca.ClH.2H/c1-6(2,3)4-5-7;;;;/h7H,4-5H2,1-3H3;;1H;;/q+1;;;;. The Balaban J connectivity index is -0.000000180. The van der Waals surface area contributed by atoms with Gasteiger partial charge in [-0.15, -0.1) is 12.4 Å². The third-order valence-electron chi connectivity index (χ3n) is 0.771. The van der Waals surface area contributed by atoms with Gasteiger partial charge in [0.15, 0.2) is 0 Å². The zero-order valence-corrected chi connectivity index (χ0v) is 6.53. The summed E-state index contributed by atoms with van der Waals surface area (Å²) in [4.78, 5) is 0. The fourth-order valence-corrected chi connectivity index (χ4v) is 0.300. The van der Waals surface area contributed by atoms with Crippen LogP contribution in [0.2, 0.25) is 0 Å². The molecule has 0 unspecified atom stereocenters. The molecular weight excluding hydrogens is 166 g/mol. The van der Waals surface area contributed by atoms with Crippen LogP contribution in [0.15, 0.2) is 0 Å². The van der Waals surface area contributed by atoms with Crippen molar-refractivity contribution in [2.45, 2.75) is 0 Å². The Hall–Kier alpha value is 1.47. The molecule has 0 aliphatic rings. The van der Waals surface area contributed by atoms with Crippen LogP contribution in [0, 0.1) is 0 Å². The molecule has 0 radical (unpaired) electrons. The SMILES string of the molecule is C[N+](C)(C)CCO.Cl.[CaH2]. The predicted octanol–water partition coefficient (Wildman–Crippen LogP) is -0.809. The molecule has 9 heavy (non-hydrogen) atoms. The summed E-state index contributed by atoms with van der Waals surface area (Å²) in [5.41, 5.74) is 0. The Kier molecular flexibility index (Phi) is 14.2. The number of rotatable bonds is 2. The molecule has 0 aliphatic heterocycles. The second kappa shape index (κ2) is 7.58. The van der Waals surface area contributed by atoms with Crippen LogP contribution in [0.5, 0.6) is 0 Å². The van der Waals surface area contributed by atoms with Crippen molar-refractivity contribution in [1.82, 2.24) is 0 Å². The molecule has 0 aliphatic carbocycles. The van der Waals surface area contributed by atoms with E-state index in [-0.39, 0.29) is 56.8 Å². The van der Waals surface area contributed by atoms with E-state index in [1.807, 2.05) is 0 Å². The Labute approximate surface area is 93.2 Å². The Bertz CT molecular complexity index is 55.4. The van der Waals surface area contributed by atoms with Gasteiger partial charge in [0.25, 0.3) is 0 Å². The van der Waals surface area contributed by atoms with Crippen molar-refractivity contribution in [2.24, 2.45) is 0 Å². The van der Waals surface area contributed by atoms with Crippen LogP contribution in [0.4, 0.5) is 0 Å². The van der Waals surface area contributed by atoms with E-state index >= 15 is 0 Å². The van der Waals surface area contributed by atoms with Crippen molar-refractivity contribution in [3.05, 3.63) is 0 Å². The van der Waals surface area contributed by atoms with Crippen LogP contribution in [-0.2, 0) is 0 Å². The van der Waals surface area contributed by atoms with Crippen molar-refractivity contribution in [2.75, 3.05) is 34.3 Å². The summed E-state index contributed by atoms with van der Waals surface area (Å²) in [5.74, 6) is 0. The second-order valence-corrected chi connectivity index (χ2v) is 2.74. The van der Waals surface area contributed by atoms with Gasteiger partial charge in [0.2, 0.25) is 0 Å². The summed E-state index contributed by atoms with van der Waals surface area (Å²) >= 11 is 0. The number of aliphatic hydroxyl groups is 1. The number of halogens is 1. The topological polar surface area (TPSA) is 20.2 Å². The maximum atomic E-state index is 8.39. The van der Waals surface area contributed by atoms with Gasteiger partial charge in [0, 0.05) is 0 Å². The molecule has 0 saturated heterocycles. The molecule has 0 aromatic rings. The third kappa shape index (κ3) is 17.7. The van der Waals surface area contributed by atoms with Crippen LogP contribution in [0.1, 0.15) is 0 Å². The molecule has 0 fully saturated rings. The van der Waals surface area contributed by atoms with E-state index in [1.54, 1.807) is 0 Å². The van der Waals surface area contributed by atoms with E-state index < -0.39 is 0 Å². The molecule has 0 amide bonds. The van der Waals surface area contributed by atoms with E-state index in [9.17, 15) is 0 Å². The molecule has 0 rings (SSSR count).